The fourth-order valence-corrected chi connectivity index (χ4v) is 11.0. The smallest absolute Gasteiger partial charge is 0.222 e. The van der Waals surface area contributed by atoms with E-state index in [0.29, 0.717) is 5.82 Å². The van der Waals surface area contributed by atoms with Crippen molar-refractivity contribution >= 4 is 50.5 Å². The van der Waals surface area contributed by atoms with Gasteiger partial charge in [-0.3, -0.25) is 0 Å². The van der Waals surface area contributed by atoms with Gasteiger partial charge >= 0.3 is 0 Å². The molecule has 1 aliphatic carbocycles. The molecule has 1 saturated carbocycles. The molecule has 0 spiro atoms. The Hall–Kier alpha value is -3.76. The maximum absolute atomic E-state index is 4.31. The van der Waals surface area contributed by atoms with Crippen molar-refractivity contribution in [3.05, 3.63) is 132 Å². The Bertz CT molecular complexity index is 1920. The summed E-state index contributed by atoms with van der Waals surface area (Å²) in [6.45, 7) is 23.1. The first-order chi connectivity index (χ1) is 22.8. The molecule has 0 radical (unpaired) electrons. The number of rotatable bonds is 7. The Kier molecular flexibility index (Phi) is 8.16. The van der Waals surface area contributed by atoms with Crippen molar-refractivity contribution in [2.45, 2.75) is 96.5 Å². The van der Waals surface area contributed by atoms with Crippen molar-refractivity contribution in [3.8, 4) is 0 Å². The molecule has 4 unspecified atom stereocenters. The van der Waals surface area contributed by atoms with E-state index >= 15 is 0 Å². The Morgan fingerprint density at radius 2 is 1.81 bits per heavy atom. The lowest BCUT2D eigenvalue weighted by molar-refractivity contribution is 0.191. The summed E-state index contributed by atoms with van der Waals surface area (Å²) in [7, 11) is 0. The third-order valence-electron chi connectivity index (χ3n) is 12.0. The standard InChI is InChI=1S/C43H49BN2S/c1-9-13-22-31(19-10-2)41-39(32-23-14-15-26-37(32)47-41)45-35(20-11-3)29(5)44-34-25-18-24-33-40(34)46(30(6)38(44)36(45)21-12-4)43(8)28-17-16-27-42(33,43)7/h9-15,18,20-26,29,35H,2,4,16-17,19,27-28H2,1,3,5-8H3/b13-9-,20-11-,31-22+,36-21+. The zero-order chi connectivity index (χ0) is 33.1. The van der Waals surface area contributed by atoms with Gasteiger partial charge in [0.1, 0.15) is 0 Å². The number of hydrogen-bond acceptors (Lipinski definition) is 3. The van der Waals surface area contributed by atoms with Gasteiger partial charge in [0.2, 0.25) is 6.71 Å². The summed E-state index contributed by atoms with van der Waals surface area (Å²) in [6, 6.07) is 16.4. The summed E-state index contributed by atoms with van der Waals surface area (Å²) in [6.07, 6.45) is 23.5. The number of nitrogens with zero attached hydrogens (tertiary/aromatic N) is 2. The van der Waals surface area contributed by atoms with E-state index in [-0.39, 0.29) is 23.7 Å². The number of fused-ring (bicyclic) bond motifs is 6. The fraction of sp³-hybridized carbons (Fsp3) is 0.349. The number of benzene rings is 2. The molecule has 2 fully saturated rings. The normalized spacial score (nSPS) is 28.1. The molecule has 0 amide bonds. The third-order valence-corrected chi connectivity index (χ3v) is 13.3. The molecule has 2 nitrogen and oxygen atoms in total. The van der Waals surface area contributed by atoms with Gasteiger partial charge in [-0.15, -0.1) is 17.9 Å². The van der Waals surface area contributed by atoms with E-state index in [1.54, 1.807) is 5.56 Å². The monoisotopic (exact) mass is 636 g/mol. The largest absolute Gasteiger partial charge is 0.339 e. The van der Waals surface area contributed by atoms with Crippen LogP contribution in [0.2, 0.25) is 5.82 Å². The second-order valence-electron chi connectivity index (χ2n) is 14.4. The molecule has 3 aliphatic heterocycles. The molecule has 4 heteroatoms. The van der Waals surface area contributed by atoms with E-state index in [0.717, 1.165) is 6.42 Å². The highest BCUT2D eigenvalue weighted by Gasteiger charge is 2.61. The van der Waals surface area contributed by atoms with Crippen molar-refractivity contribution in [3.63, 3.8) is 0 Å². The van der Waals surface area contributed by atoms with Crippen LogP contribution in [0.15, 0.2) is 121 Å². The highest BCUT2D eigenvalue weighted by molar-refractivity contribution is 7.20. The molecule has 3 aromatic rings. The van der Waals surface area contributed by atoms with Crippen molar-refractivity contribution in [1.82, 2.24) is 0 Å². The van der Waals surface area contributed by atoms with E-state index in [1.807, 2.05) is 23.5 Å². The van der Waals surface area contributed by atoms with Crippen molar-refractivity contribution < 1.29 is 0 Å². The van der Waals surface area contributed by atoms with Crippen LogP contribution in [-0.2, 0) is 5.41 Å². The fourth-order valence-electron chi connectivity index (χ4n) is 9.79. The lowest BCUT2D eigenvalue weighted by atomic mass is 9.28. The Morgan fingerprint density at radius 1 is 1.02 bits per heavy atom. The highest BCUT2D eigenvalue weighted by Crippen LogP contribution is 2.62. The van der Waals surface area contributed by atoms with Gasteiger partial charge in [-0.05, 0) is 81.5 Å². The minimum Gasteiger partial charge on any atom is -0.339 e. The van der Waals surface area contributed by atoms with Crippen LogP contribution in [-0.4, -0.2) is 18.3 Å². The molecule has 2 aromatic carbocycles. The number of anilines is 2. The summed E-state index contributed by atoms with van der Waals surface area (Å²) < 4.78 is 1.31. The van der Waals surface area contributed by atoms with E-state index in [9.17, 15) is 0 Å². The Balaban J connectivity index is 1.55. The van der Waals surface area contributed by atoms with Crippen LogP contribution in [0.1, 0.15) is 84.1 Å². The van der Waals surface area contributed by atoms with E-state index < -0.39 is 0 Å². The summed E-state index contributed by atoms with van der Waals surface area (Å²) in [4.78, 5) is 6.82. The minimum absolute atomic E-state index is 0.0475. The molecule has 1 saturated heterocycles. The molecular weight excluding hydrogens is 587 g/mol. The predicted molar refractivity (Wildman–Crippen MR) is 209 cm³/mol. The minimum atomic E-state index is 0.0475. The highest BCUT2D eigenvalue weighted by atomic mass is 32.1. The second kappa shape index (κ2) is 12.0. The van der Waals surface area contributed by atoms with Gasteiger partial charge in [-0.25, -0.2) is 0 Å². The molecular formula is C43H49BN2S. The number of allylic oxidation sites excluding steroid dienone is 10. The van der Waals surface area contributed by atoms with Crippen LogP contribution in [0, 0.1) is 0 Å². The topological polar surface area (TPSA) is 6.48 Å². The van der Waals surface area contributed by atoms with Crippen LogP contribution in [0.25, 0.3) is 15.7 Å². The third kappa shape index (κ3) is 4.43. The molecule has 240 valence electrons. The molecule has 1 aromatic heterocycles. The van der Waals surface area contributed by atoms with E-state index in [4.69, 9.17) is 0 Å². The van der Waals surface area contributed by atoms with Crippen LogP contribution in [0.5, 0.6) is 0 Å². The first-order valence-corrected chi connectivity index (χ1v) is 18.4. The molecule has 0 N–H and O–H groups in total. The quantitative estimate of drug-likeness (QED) is 0.145. The molecule has 47 heavy (non-hydrogen) atoms. The molecule has 0 bridgehead atoms. The lowest BCUT2D eigenvalue weighted by Gasteiger charge is -2.54. The van der Waals surface area contributed by atoms with Crippen LogP contribution < -0.4 is 15.3 Å². The number of thiophene rings is 1. The van der Waals surface area contributed by atoms with Gasteiger partial charge in [0.05, 0.1) is 16.1 Å². The van der Waals surface area contributed by atoms with E-state index in [2.05, 4.69) is 143 Å². The zero-order valence-electron chi connectivity index (χ0n) is 29.1. The Labute approximate surface area is 287 Å². The molecule has 4 aliphatic rings. The summed E-state index contributed by atoms with van der Waals surface area (Å²) in [5.74, 6) is 0.337. The number of hydrogen-bond donors (Lipinski definition) is 0. The van der Waals surface area contributed by atoms with Crippen molar-refractivity contribution in [2.75, 3.05) is 9.80 Å². The average Bonchev–Trinajstić information content (AvgIpc) is 3.54. The van der Waals surface area contributed by atoms with Gasteiger partial charge in [-0.1, -0.05) is 118 Å². The van der Waals surface area contributed by atoms with Gasteiger partial charge in [-0.2, -0.15) is 0 Å². The van der Waals surface area contributed by atoms with Gasteiger partial charge < -0.3 is 9.80 Å². The lowest BCUT2D eigenvalue weighted by Crippen LogP contribution is -2.61. The van der Waals surface area contributed by atoms with Crippen LogP contribution in [0.3, 0.4) is 0 Å². The Morgan fingerprint density at radius 3 is 2.55 bits per heavy atom. The first kappa shape index (κ1) is 31.8. The zero-order valence-corrected chi connectivity index (χ0v) is 30.0. The molecule has 7 rings (SSSR count). The van der Waals surface area contributed by atoms with Crippen LogP contribution in [0.4, 0.5) is 11.4 Å². The first-order valence-electron chi connectivity index (χ1n) is 17.6. The second-order valence-corrected chi connectivity index (χ2v) is 15.4. The maximum Gasteiger partial charge on any atom is 0.222 e. The SMILES string of the molecule is C=C/C=C1\C2=C(C)N3c4c(cccc4C4(C)CCCCC34C)B2C(C)C(/C=C\C)N1c1c(/C(=C/C=C\C)CC=C)sc2ccccc12. The van der Waals surface area contributed by atoms with Crippen molar-refractivity contribution in [1.29, 1.82) is 0 Å². The average molecular weight is 637 g/mol. The summed E-state index contributed by atoms with van der Waals surface area (Å²) in [5.41, 5.74) is 11.5. The van der Waals surface area contributed by atoms with Gasteiger partial charge in [0.15, 0.2) is 0 Å². The van der Waals surface area contributed by atoms with Gasteiger partial charge in [0.25, 0.3) is 0 Å². The predicted octanol–water partition coefficient (Wildman–Crippen LogP) is 11.3. The summed E-state index contributed by atoms with van der Waals surface area (Å²) >= 11 is 1.91. The molecule has 4 atom stereocenters. The van der Waals surface area contributed by atoms with Crippen molar-refractivity contribution in [2.24, 2.45) is 0 Å². The maximum atomic E-state index is 4.31. The number of para-hydroxylation sites is 1. The van der Waals surface area contributed by atoms with Gasteiger partial charge in [0, 0.05) is 38.6 Å². The van der Waals surface area contributed by atoms with Crippen LogP contribution >= 0.6 is 11.3 Å². The van der Waals surface area contributed by atoms with E-state index in [1.165, 1.54) is 79.9 Å². The molecule has 4 heterocycles. The summed E-state index contributed by atoms with van der Waals surface area (Å²) in [5, 5.41) is 1.31.